The molecule has 0 unspecified atom stereocenters. The molecule has 3 N–H and O–H groups in total. The third-order valence-electron chi connectivity index (χ3n) is 2.83. The monoisotopic (exact) mass is 367 g/mol. The number of nitrogens with one attached hydrogen (secondary N) is 3. The predicted molar refractivity (Wildman–Crippen MR) is 83.0 cm³/mol. The Kier molecular flexibility index (Phi) is 5.05. The molecule has 116 valence electrons. The SMILES string of the molecule is COc1cccc(C(=O)NNC(=O)c2cc(Br)c[nH]2)c1OC. The molecule has 0 radical (unpaired) electrons. The van der Waals surface area contributed by atoms with E-state index in [1.54, 1.807) is 30.5 Å². The van der Waals surface area contributed by atoms with Crippen molar-refractivity contribution >= 4 is 27.7 Å². The van der Waals surface area contributed by atoms with E-state index in [2.05, 4.69) is 31.8 Å². The number of H-pyrrole nitrogens is 1. The van der Waals surface area contributed by atoms with Crippen LogP contribution < -0.4 is 20.3 Å². The highest BCUT2D eigenvalue weighted by molar-refractivity contribution is 9.10. The molecule has 0 aliphatic heterocycles. The van der Waals surface area contributed by atoms with Crippen LogP contribution >= 0.6 is 15.9 Å². The van der Waals surface area contributed by atoms with Gasteiger partial charge in [-0.05, 0) is 34.1 Å². The number of hydrogen-bond acceptors (Lipinski definition) is 4. The van der Waals surface area contributed by atoms with Crippen LogP contribution in [0.5, 0.6) is 11.5 Å². The number of hydrazine groups is 1. The van der Waals surface area contributed by atoms with Crippen LogP contribution in [0.3, 0.4) is 0 Å². The molecule has 0 saturated heterocycles. The Morgan fingerprint density at radius 2 is 1.86 bits per heavy atom. The number of carbonyl (C=O) groups is 2. The summed E-state index contributed by atoms with van der Waals surface area (Å²) in [5.41, 5.74) is 5.19. The van der Waals surface area contributed by atoms with Gasteiger partial charge in [0.15, 0.2) is 11.5 Å². The van der Waals surface area contributed by atoms with Crippen molar-refractivity contribution in [3.05, 3.63) is 46.2 Å². The van der Waals surface area contributed by atoms with Crippen molar-refractivity contribution in [2.75, 3.05) is 14.2 Å². The van der Waals surface area contributed by atoms with Crippen molar-refractivity contribution in [1.82, 2.24) is 15.8 Å². The van der Waals surface area contributed by atoms with E-state index in [0.717, 1.165) is 4.47 Å². The van der Waals surface area contributed by atoms with E-state index < -0.39 is 11.8 Å². The molecule has 1 heterocycles. The fourth-order valence-corrected chi connectivity index (χ4v) is 2.16. The van der Waals surface area contributed by atoms with E-state index in [0.29, 0.717) is 17.2 Å². The van der Waals surface area contributed by atoms with Crippen LogP contribution in [0.4, 0.5) is 0 Å². The topological polar surface area (TPSA) is 92.5 Å². The predicted octanol–water partition coefficient (Wildman–Crippen LogP) is 1.87. The van der Waals surface area contributed by atoms with Gasteiger partial charge < -0.3 is 14.5 Å². The summed E-state index contributed by atoms with van der Waals surface area (Å²) in [6.07, 6.45) is 1.61. The Labute approximate surface area is 135 Å². The van der Waals surface area contributed by atoms with E-state index in [9.17, 15) is 9.59 Å². The van der Waals surface area contributed by atoms with Crippen molar-refractivity contribution in [3.63, 3.8) is 0 Å². The summed E-state index contributed by atoms with van der Waals surface area (Å²) in [6.45, 7) is 0. The van der Waals surface area contributed by atoms with Crippen LogP contribution in [0.25, 0.3) is 0 Å². The molecule has 0 aliphatic carbocycles. The molecule has 7 nitrogen and oxygen atoms in total. The van der Waals surface area contributed by atoms with Gasteiger partial charge in [-0.25, -0.2) is 0 Å². The van der Waals surface area contributed by atoms with Crippen molar-refractivity contribution < 1.29 is 19.1 Å². The zero-order valence-electron chi connectivity index (χ0n) is 11.9. The first-order valence-corrected chi connectivity index (χ1v) is 7.01. The number of carbonyl (C=O) groups excluding carboxylic acids is 2. The minimum absolute atomic E-state index is 0.245. The summed E-state index contributed by atoms with van der Waals surface area (Å²) >= 11 is 3.22. The number of ether oxygens (including phenoxy) is 2. The molecule has 0 atom stereocenters. The van der Waals surface area contributed by atoms with Gasteiger partial charge in [0.1, 0.15) is 5.69 Å². The standard InChI is InChI=1S/C14H14BrN3O4/c1-21-11-5-3-4-9(12(11)22-2)13(19)17-18-14(20)10-6-8(15)7-16-10/h3-7,16H,1-2H3,(H,17,19)(H,18,20). The fourth-order valence-electron chi connectivity index (χ4n) is 1.81. The third-order valence-corrected chi connectivity index (χ3v) is 3.29. The Balaban J connectivity index is 2.08. The molecule has 1 aromatic heterocycles. The lowest BCUT2D eigenvalue weighted by Gasteiger charge is -2.12. The highest BCUT2D eigenvalue weighted by atomic mass is 79.9. The Morgan fingerprint density at radius 3 is 2.45 bits per heavy atom. The lowest BCUT2D eigenvalue weighted by Crippen LogP contribution is -2.41. The molecule has 2 amide bonds. The lowest BCUT2D eigenvalue weighted by atomic mass is 10.2. The van der Waals surface area contributed by atoms with Gasteiger partial charge >= 0.3 is 0 Å². The second-order valence-corrected chi connectivity index (χ2v) is 5.10. The molecular formula is C14H14BrN3O4. The Morgan fingerprint density at radius 1 is 1.14 bits per heavy atom. The van der Waals surface area contributed by atoms with Gasteiger partial charge in [-0.3, -0.25) is 20.4 Å². The normalized spacial score (nSPS) is 9.95. The van der Waals surface area contributed by atoms with E-state index >= 15 is 0 Å². The summed E-state index contributed by atoms with van der Waals surface area (Å²) < 4.78 is 11.0. The summed E-state index contributed by atoms with van der Waals surface area (Å²) in [5, 5.41) is 0. The number of halogens is 1. The minimum atomic E-state index is -0.519. The van der Waals surface area contributed by atoms with Gasteiger partial charge in [-0.1, -0.05) is 6.07 Å². The van der Waals surface area contributed by atoms with E-state index in [1.165, 1.54) is 14.2 Å². The van der Waals surface area contributed by atoms with Gasteiger partial charge in [-0.15, -0.1) is 0 Å². The maximum Gasteiger partial charge on any atom is 0.286 e. The van der Waals surface area contributed by atoms with Crippen LogP contribution in [0, 0.1) is 0 Å². The number of aromatic nitrogens is 1. The lowest BCUT2D eigenvalue weighted by molar-refractivity contribution is 0.0842. The van der Waals surface area contributed by atoms with Crippen molar-refractivity contribution in [3.8, 4) is 11.5 Å². The van der Waals surface area contributed by atoms with Crippen LogP contribution in [0.15, 0.2) is 34.9 Å². The maximum absolute atomic E-state index is 12.2. The molecule has 0 bridgehead atoms. The number of amides is 2. The van der Waals surface area contributed by atoms with Crippen molar-refractivity contribution in [2.24, 2.45) is 0 Å². The van der Waals surface area contributed by atoms with Gasteiger partial charge in [0.2, 0.25) is 0 Å². The van der Waals surface area contributed by atoms with E-state index in [4.69, 9.17) is 9.47 Å². The molecule has 0 saturated carbocycles. The van der Waals surface area contributed by atoms with Crippen molar-refractivity contribution in [2.45, 2.75) is 0 Å². The van der Waals surface area contributed by atoms with Gasteiger partial charge in [0.25, 0.3) is 11.8 Å². The van der Waals surface area contributed by atoms with Gasteiger partial charge in [0.05, 0.1) is 19.8 Å². The van der Waals surface area contributed by atoms with Gasteiger partial charge in [-0.2, -0.15) is 0 Å². The number of para-hydroxylation sites is 1. The molecular weight excluding hydrogens is 354 g/mol. The third kappa shape index (κ3) is 3.40. The second-order valence-electron chi connectivity index (χ2n) is 4.18. The summed E-state index contributed by atoms with van der Waals surface area (Å²) in [6, 6.07) is 6.48. The average Bonchev–Trinajstić information content (AvgIpc) is 2.97. The smallest absolute Gasteiger partial charge is 0.286 e. The molecule has 0 aliphatic rings. The first kappa shape index (κ1) is 15.9. The van der Waals surface area contributed by atoms with Crippen LogP contribution in [0.1, 0.15) is 20.8 Å². The van der Waals surface area contributed by atoms with E-state index in [-0.39, 0.29) is 5.56 Å². The van der Waals surface area contributed by atoms with Gasteiger partial charge in [0, 0.05) is 10.7 Å². The largest absolute Gasteiger partial charge is 0.493 e. The number of aromatic amines is 1. The Bertz CT molecular complexity index is 699. The van der Waals surface area contributed by atoms with Crippen LogP contribution in [0.2, 0.25) is 0 Å². The number of benzene rings is 1. The van der Waals surface area contributed by atoms with E-state index in [1.807, 2.05) is 0 Å². The molecule has 1 aromatic carbocycles. The first-order valence-electron chi connectivity index (χ1n) is 6.22. The summed E-state index contributed by atoms with van der Waals surface area (Å²) in [4.78, 5) is 26.7. The average molecular weight is 368 g/mol. The fraction of sp³-hybridized carbons (Fsp3) is 0.143. The quantitative estimate of drug-likeness (QED) is 0.719. The zero-order valence-corrected chi connectivity index (χ0v) is 13.5. The van der Waals surface area contributed by atoms with Crippen LogP contribution in [-0.4, -0.2) is 31.0 Å². The minimum Gasteiger partial charge on any atom is -0.493 e. The highest BCUT2D eigenvalue weighted by Crippen LogP contribution is 2.30. The second kappa shape index (κ2) is 6.99. The Hall–Kier alpha value is -2.48. The number of rotatable bonds is 4. The maximum atomic E-state index is 12.2. The molecule has 0 fully saturated rings. The summed E-state index contributed by atoms with van der Waals surface area (Å²) in [7, 11) is 2.91. The summed E-state index contributed by atoms with van der Waals surface area (Å²) in [5.74, 6) is -0.273. The first-order chi connectivity index (χ1) is 10.6. The molecule has 22 heavy (non-hydrogen) atoms. The molecule has 2 aromatic rings. The number of hydrogen-bond donors (Lipinski definition) is 3. The van der Waals surface area contributed by atoms with Crippen LogP contribution in [-0.2, 0) is 0 Å². The molecule has 0 spiro atoms. The molecule has 2 rings (SSSR count). The van der Waals surface area contributed by atoms with Crippen molar-refractivity contribution in [1.29, 1.82) is 0 Å². The molecule has 8 heteroatoms. The highest BCUT2D eigenvalue weighted by Gasteiger charge is 2.17. The number of methoxy groups -OCH3 is 2. The zero-order chi connectivity index (χ0) is 16.1.